The Bertz CT molecular complexity index is 273. The summed E-state index contributed by atoms with van der Waals surface area (Å²) in [6.07, 6.45) is 8.65. The Labute approximate surface area is 118 Å². The lowest BCUT2D eigenvalue weighted by molar-refractivity contribution is 0.0450. The molecule has 3 aliphatic rings. The molecule has 0 aliphatic carbocycles. The summed E-state index contributed by atoms with van der Waals surface area (Å²) in [5.41, 5.74) is 0. The number of hydrogen-bond donors (Lipinski definition) is 0. The largest absolute Gasteiger partial charge is 0.306 e. The number of likely N-dealkylation sites (tertiary alicyclic amines) is 1. The van der Waals surface area contributed by atoms with Gasteiger partial charge in [0.1, 0.15) is 0 Å². The van der Waals surface area contributed by atoms with Gasteiger partial charge in [-0.1, -0.05) is 6.42 Å². The van der Waals surface area contributed by atoms with E-state index in [4.69, 9.17) is 0 Å². The van der Waals surface area contributed by atoms with E-state index in [-0.39, 0.29) is 0 Å². The molecule has 110 valence electrons. The van der Waals surface area contributed by atoms with Crippen molar-refractivity contribution in [3.05, 3.63) is 0 Å². The van der Waals surface area contributed by atoms with E-state index < -0.39 is 0 Å². The van der Waals surface area contributed by atoms with Crippen molar-refractivity contribution in [2.75, 3.05) is 52.9 Å². The first kappa shape index (κ1) is 13.8. The fourth-order valence-corrected chi connectivity index (χ4v) is 4.14. The van der Waals surface area contributed by atoms with Gasteiger partial charge >= 0.3 is 0 Å². The van der Waals surface area contributed by atoms with Gasteiger partial charge in [0.2, 0.25) is 0 Å². The van der Waals surface area contributed by atoms with Crippen LogP contribution in [0.15, 0.2) is 0 Å². The van der Waals surface area contributed by atoms with Crippen molar-refractivity contribution in [2.24, 2.45) is 5.92 Å². The summed E-state index contributed by atoms with van der Waals surface area (Å²) in [6.45, 7) is 9.38. The average molecular weight is 265 g/mol. The molecule has 0 spiro atoms. The Kier molecular flexibility index (Phi) is 4.78. The molecule has 0 aromatic heterocycles. The fraction of sp³-hybridized carbons (Fsp3) is 1.00. The summed E-state index contributed by atoms with van der Waals surface area (Å²) >= 11 is 0. The number of rotatable bonds is 3. The fourth-order valence-electron chi connectivity index (χ4n) is 4.14. The highest BCUT2D eigenvalue weighted by molar-refractivity contribution is 4.85. The molecule has 0 aromatic carbocycles. The molecule has 0 amide bonds. The van der Waals surface area contributed by atoms with Crippen LogP contribution in [0.25, 0.3) is 0 Å². The summed E-state index contributed by atoms with van der Waals surface area (Å²) < 4.78 is 0. The molecular weight excluding hydrogens is 234 g/mol. The van der Waals surface area contributed by atoms with Crippen molar-refractivity contribution in [3.8, 4) is 0 Å². The zero-order chi connectivity index (χ0) is 13.1. The van der Waals surface area contributed by atoms with E-state index >= 15 is 0 Å². The number of hydrogen-bond acceptors (Lipinski definition) is 3. The first-order chi connectivity index (χ1) is 9.31. The zero-order valence-corrected chi connectivity index (χ0v) is 12.7. The predicted molar refractivity (Wildman–Crippen MR) is 80.5 cm³/mol. The van der Waals surface area contributed by atoms with E-state index in [2.05, 4.69) is 21.7 Å². The van der Waals surface area contributed by atoms with Crippen LogP contribution in [0.5, 0.6) is 0 Å². The Morgan fingerprint density at radius 1 is 0.895 bits per heavy atom. The standard InChI is InChI=1S/C16H31N3/c1-17-9-5-15(6-10-17)7-11-18-12-13-19-8-3-2-4-16(19)14-18/h15-16H,2-14H2,1H3. The molecule has 0 saturated carbocycles. The third kappa shape index (κ3) is 3.71. The van der Waals surface area contributed by atoms with Gasteiger partial charge in [-0.05, 0) is 71.2 Å². The lowest BCUT2D eigenvalue weighted by Gasteiger charge is -2.44. The van der Waals surface area contributed by atoms with Gasteiger partial charge in [-0.15, -0.1) is 0 Å². The Hall–Kier alpha value is -0.120. The van der Waals surface area contributed by atoms with Gasteiger partial charge in [0.05, 0.1) is 0 Å². The molecule has 3 fully saturated rings. The minimum atomic E-state index is 0.889. The molecule has 0 radical (unpaired) electrons. The lowest BCUT2D eigenvalue weighted by atomic mass is 9.93. The van der Waals surface area contributed by atoms with Crippen LogP contribution in [0, 0.1) is 5.92 Å². The number of fused-ring (bicyclic) bond motifs is 1. The molecule has 1 unspecified atom stereocenters. The summed E-state index contributed by atoms with van der Waals surface area (Å²) in [5.74, 6) is 1.00. The molecule has 1 atom stereocenters. The molecule has 19 heavy (non-hydrogen) atoms. The van der Waals surface area contributed by atoms with Crippen molar-refractivity contribution >= 4 is 0 Å². The maximum absolute atomic E-state index is 2.75. The summed E-state index contributed by atoms with van der Waals surface area (Å²) in [4.78, 5) is 7.98. The van der Waals surface area contributed by atoms with Crippen molar-refractivity contribution in [3.63, 3.8) is 0 Å². The van der Waals surface area contributed by atoms with Crippen molar-refractivity contribution in [2.45, 2.75) is 44.6 Å². The van der Waals surface area contributed by atoms with E-state index in [1.165, 1.54) is 84.3 Å². The van der Waals surface area contributed by atoms with Gasteiger partial charge in [0.25, 0.3) is 0 Å². The molecule has 3 saturated heterocycles. The molecular formula is C16H31N3. The van der Waals surface area contributed by atoms with Crippen LogP contribution in [-0.2, 0) is 0 Å². The number of piperazine rings is 1. The highest BCUT2D eigenvalue weighted by Gasteiger charge is 2.29. The smallest absolute Gasteiger partial charge is 0.0223 e. The molecule has 3 heterocycles. The van der Waals surface area contributed by atoms with E-state index in [1.807, 2.05) is 0 Å². The van der Waals surface area contributed by atoms with Crippen LogP contribution < -0.4 is 0 Å². The van der Waals surface area contributed by atoms with Crippen molar-refractivity contribution < 1.29 is 0 Å². The SMILES string of the molecule is CN1CCC(CCN2CCN3CCCCC3C2)CC1. The van der Waals surface area contributed by atoms with Crippen LogP contribution in [0.2, 0.25) is 0 Å². The monoisotopic (exact) mass is 265 g/mol. The first-order valence-corrected chi connectivity index (χ1v) is 8.46. The second-order valence-corrected chi connectivity index (χ2v) is 7.02. The Morgan fingerprint density at radius 3 is 2.58 bits per heavy atom. The highest BCUT2D eigenvalue weighted by Crippen LogP contribution is 2.23. The van der Waals surface area contributed by atoms with Gasteiger partial charge in [0, 0.05) is 25.7 Å². The van der Waals surface area contributed by atoms with Crippen LogP contribution in [0.1, 0.15) is 38.5 Å². The van der Waals surface area contributed by atoms with Crippen LogP contribution in [0.3, 0.4) is 0 Å². The van der Waals surface area contributed by atoms with Crippen molar-refractivity contribution in [1.29, 1.82) is 0 Å². The van der Waals surface area contributed by atoms with Gasteiger partial charge in [-0.3, -0.25) is 4.90 Å². The molecule has 3 aliphatic heterocycles. The van der Waals surface area contributed by atoms with E-state index in [0.29, 0.717) is 0 Å². The highest BCUT2D eigenvalue weighted by atomic mass is 15.3. The van der Waals surface area contributed by atoms with E-state index in [9.17, 15) is 0 Å². The zero-order valence-electron chi connectivity index (χ0n) is 12.7. The first-order valence-electron chi connectivity index (χ1n) is 8.46. The molecule has 3 heteroatoms. The Morgan fingerprint density at radius 2 is 1.74 bits per heavy atom. The van der Waals surface area contributed by atoms with Gasteiger partial charge in [-0.25, -0.2) is 0 Å². The molecule has 0 bridgehead atoms. The summed E-state index contributed by atoms with van der Waals surface area (Å²) in [5, 5.41) is 0. The third-order valence-corrected chi connectivity index (χ3v) is 5.61. The minimum absolute atomic E-state index is 0.889. The predicted octanol–water partition coefficient (Wildman–Crippen LogP) is 1.89. The molecule has 3 nitrogen and oxygen atoms in total. The van der Waals surface area contributed by atoms with E-state index in [1.54, 1.807) is 0 Å². The maximum atomic E-state index is 2.75. The molecule has 0 aromatic rings. The van der Waals surface area contributed by atoms with Gasteiger partial charge in [0.15, 0.2) is 0 Å². The quantitative estimate of drug-likeness (QED) is 0.771. The topological polar surface area (TPSA) is 9.72 Å². The lowest BCUT2D eigenvalue weighted by Crippen LogP contribution is -2.55. The van der Waals surface area contributed by atoms with Crippen LogP contribution >= 0.6 is 0 Å². The average Bonchev–Trinajstić information content (AvgIpc) is 2.46. The summed E-state index contributed by atoms with van der Waals surface area (Å²) in [6, 6.07) is 0.889. The van der Waals surface area contributed by atoms with Crippen molar-refractivity contribution in [1.82, 2.24) is 14.7 Å². The second kappa shape index (κ2) is 6.55. The van der Waals surface area contributed by atoms with Gasteiger partial charge in [-0.2, -0.15) is 0 Å². The number of nitrogens with zero attached hydrogens (tertiary/aromatic N) is 3. The Balaban J connectivity index is 1.39. The summed E-state index contributed by atoms with van der Waals surface area (Å²) in [7, 11) is 2.26. The maximum Gasteiger partial charge on any atom is 0.0223 e. The van der Waals surface area contributed by atoms with Gasteiger partial charge < -0.3 is 9.80 Å². The van der Waals surface area contributed by atoms with Crippen LogP contribution in [-0.4, -0.2) is 73.6 Å². The normalized spacial score (nSPS) is 32.4. The number of piperidine rings is 2. The molecule has 3 rings (SSSR count). The van der Waals surface area contributed by atoms with Crippen LogP contribution in [0.4, 0.5) is 0 Å². The van der Waals surface area contributed by atoms with E-state index in [0.717, 1.165) is 12.0 Å². The minimum Gasteiger partial charge on any atom is -0.306 e. The molecule has 0 N–H and O–H groups in total. The third-order valence-electron chi connectivity index (χ3n) is 5.61. The second-order valence-electron chi connectivity index (χ2n) is 7.02.